The molecule has 2 saturated heterocycles. The van der Waals surface area contributed by atoms with E-state index in [4.69, 9.17) is 4.52 Å². The number of rotatable bonds is 4. The molecule has 2 aliphatic heterocycles. The maximum Gasteiger partial charge on any atom is 0.280 e. The summed E-state index contributed by atoms with van der Waals surface area (Å²) in [5.74, 6) is 0.333. The van der Waals surface area contributed by atoms with Gasteiger partial charge in [0.2, 0.25) is 5.91 Å². The van der Waals surface area contributed by atoms with Crippen LogP contribution in [0.5, 0.6) is 0 Å². The summed E-state index contributed by atoms with van der Waals surface area (Å²) in [6.45, 7) is 5.75. The van der Waals surface area contributed by atoms with Crippen molar-refractivity contribution in [1.29, 1.82) is 0 Å². The van der Waals surface area contributed by atoms with E-state index in [1.807, 2.05) is 11.0 Å². The third kappa shape index (κ3) is 3.34. The molecule has 4 rings (SSSR count). The predicted octanol–water partition coefficient (Wildman–Crippen LogP) is 3.09. The summed E-state index contributed by atoms with van der Waals surface area (Å²) in [5.41, 5.74) is 0.161. The van der Waals surface area contributed by atoms with E-state index in [0.29, 0.717) is 25.1 Å². The molecule has 7 heteroatoms. The molecule has 0 radical (unpaired) electrons. The zero-order chi connectivity index (χ0) is 19.9. The molecule has 3 heterocycles. The number of aryl methyl sites for hydroxylation is 1. The standard InChI is InChI=1S/C21H26FN3O3/c1-20(2)13-21(14-25(20)16-6-3-5-15(22)11-16)9-4-10-24(21)19(27)8-7-17-12-18(26)23-28-17/h3,5-6,11-12H,4,7-10,13-14H2,1-2H3,(H,23,26). The molecule has 0 saturated carbocycles. The van der Waals surface area contributed by atoms with Crippen molar-refractivity contribution in [3.63, 3.8) is 0 Å². The van der Waals surface area contributed by atoms with Gasteiger partial charge in [0.05, 0.1) is 5.54 Å². The normalized spacial score (nSPS) is 23.7. The van der Waals surface area contributed by atoms with Gasteiger partial charge in [-0.3, -0.25) is 9.59 Å². The highest BCUT2D eigenvalue weighted by Crippen LogP contribution is 2.47. The Morgan fingerprint density at radius 2 is 2.14 bits per heavy atom. The van der Waals surface area contributed by atoms with Crippen molar-refractivity contribution in [2.45, 2.75) is 57.0 Å². The zero-order valence-corrected chi connectivity index (χ0v) is 16.3. The highest BCUT2D eigenvalue weighted by Gasteiger charge is 2.54. The molecule has 1 spiro atoms. The fraction of sp³-hybridized carbons (Fsp3) is 0.524. The number of likely N-dealkylation sites (tertiary alicyclic amines) is 1. The first kappa shape index (κ1) is 18.8. The number of carbonyl (C=O) groups excluding carboxylic acids is 1. The van der Waals surface area contributed by atoms with E-state index < -0.39 is 0 Å². The number of nitrogens with one attached hydrogen (secondary N) is 1. The van der Waals surface area contributed by atoms with Crippen molar-refractivity contribution in [3.05, 3.63) is 52.3 Å². The second kappa shape index (κ2) is 6.79. The van der Waals surface area contributed by atoms with Crippen molar-refractivity contribution < 1.29 is 13.7 Å². The average molecular weight is 387 g/mol. The highest BCUT2D eigenvalue weighted by molar-refractivity contribution is 5.78. The minimum absolute atomic E-state index is 0.0817. The number of amides is 1. The number of aromatic nitrogens is 1. The van der Waals surface area contributed by atoms with Crippen LogP contribution in [0.4, 0.5) is 10.1 Å². The average Bonchev–Trinajstić information content (AvgIpc) is 3.30. The Morgan fingerprint density at radius 1 is 1.32 bits per heavy atom. The second-order valence-corrected chi connectivity index (χ2v) is 8.61. The molecular formula is C21H26FN3O3. The van der Waals surface area contributed by atoms with E-state index in [1.165, 1.54) is 12.1 Å². The van der Waals surface area contributed by atoms with Gasteiger partial charge in [-0.2, -0.15) is 5.16 Å². The minimum atomic E-state index is -0.289. The van der Waals surface area contributed by atoms with Crippen LogP contribution >= 0.6 is 0 Å². The topological polar surface area (TPSA) is 69.5 Å². The first-order valence-electron chi connectivity index (χ1n) is 9.80. The largest absolute Gasteiger partial charge is 0.384 e. The summed E-state index contributed by atoms with van der Waals surface area (Å²) in [6, 6.07) is 8.06. The third-order valence-corrected chi connectivity index (χ3v) is 6.12. The van der Waals surface area contributed by atoms with Gasteiger partial charge in [0.25, 0.3) is 5.56 Å². The third-order valence-electron chi connectivity index (χ3n) is 6.12. The molecule has 0 aliphatic carbocycles. The van der Waals surface area contributed by atoms with Crippen LogP contribution < -0.4 is 10.5 Å². The predicted molar refractivity (Wildman–Crippen MR) is 104 cm³/mol. The summed E-state index contributed by atoms with van der Waals surface area (Å²) >= 11 is 0. The van der Waals surface area contributed by atoms with Gasteiger partial charge < -0.3 is 14.3 Å². The quantitative estimate of drug-likeness (QED) is 0.875. The lowest BCUT2D eigenvalue weighted by Crippen LogP contribution is -2.49. The van der Waals surface area contributed by atoms with Crippen molar-refractivity contribution >= 4 is 11.6 Å². The van der Waals surface area contributed by atoms with Crippen LogP contribution in [-0.2, 0) is 11.2 Å². The fourth-order valence-corrected chi connectivity index (χ4v) is 5.03. The van der Waals surface area contributed by atoms with Crippen molar-refractivity contribution in [2.75, 3.05) is 18.0 Å². The Hall–Kier alpha value is -2.57. The first-order valence-corrected chi connectivity index (χ1v) is 9.80. The molecule has 2 aromatic rings. The summed E-state index contributed by atoms with van der Waals surface area (Å²) in [5, 5.41) is 2.26. The van der Waals surface area contributed by atoms with Gasteiger partial charge in [-0.15, -0.1) is 0 Å². The maximum absolute atomic E-state index is 13.8. The van der Waals surface area contributed by atoms with Crippen LogP contribution in [0.25, 0.3) is 0 Å². The van der Waals surface area contributed by atoms with Crippen LogP contribution in [0.15, 0.2) is 39.6 Å². The maximum atomic E-state index is 13.8. The van der Waals surface area contributed by atoms with Gasteiger partial charge in [0.15, 0.2) is 0 Å². The van der Waals surface area contributed by atoms with Gasteiger partial charge in [0.1, 0.15) is 11.6 Å². The van der Waals surface area contributed by atoms with Gasteiger partial charge in [0, 0.05) is 43.2 Å². The summed E-state index contributed by atoms with van der Waals surface area (Å²) in [6.07, 6.45) is 3.48. The number of anilines is 1. The number of H-pyrrole nitrogens is 1. The van der Waals surface area contributed by atoms with E-state index in [9.17, 15) is 14.0 Å². The van der Waals surface area contributed by atoms with Crippen LogP contribution in [0.2, 0.25) is 0 Å². The Balaban J connectivity index is 1.53. The monoisotopic (exact) mass is 387 g/mol. The molecule has 2 fully saturated rings. The van der Waals surface area contributed by atoms with E-state index in [0.717, 1.165) is 31.5 Å². The van der Waals surface area contributed by atoms with Crippen molar-refractivity contribution in [3.8, 4) is 0 Å². The number of benzene rings is 1. The summed E-state index contributed by atoms with van der Waals surface area (Å²) < 4.78 is 18.8. The van der Waals surface area contributed by atoms with Crippen LogP contribution in [0.3, 0.4) is 0 Å². The number of carbonyl (C=O) groups is 1. The molecule has 1 amide bonds. The highest BCUT2D eigenvalue weighted by atomic mass is 19.1. The van der Waals surface area contributed by atoms with Gasteiger partial charge in [-0.25, -0.2) is 4.39 Å². The Labute approximate surface area is 163 Å². The molecule has 150 valence electrons. The van der Waals surface area contributed by atoms with E-state index in [2.05, 4.69) is 23.9 Å². The zero-order valence-electron chi connectivity index (χ0n) is 16.3. The molecule has 2 aliphatic rings. The number of aromatic amines is 1. The van der Waals surface area contributed by atoms with Gasteiger partial charge in [-0.05, 0) is 51.3 Å². The first-order chi connectivity index (χ1) is 13.3. The Kier molecular flexibility index (Phi) is 4.56. The SMILES string of the molecule is CC1(C)CC2(CCCN2C(=O)CCc2cc(=O)[nH]o2)CN1c1cccc(F)c1. The number of hydrogen-bond acceptors (Lipinski definition) is 4. The van der Waals surface area contributed by atoms with Crippen LogP contribution in [0, 0.1) is 5.82 Å². The molecule has 1 N–H and O–H groups in total. The smallest absolute Gasteiger partial charge is 0.280 e. The lowest BCUT2D eigenvalue weighted by molar-refractivity contribution is -0.134. The second-order valence-electron chi connectivity index (χ2n) is 8.61. The van der Waals surface area contributed by atoms with Crippen LogP contribution in [0.1, 0.15) is 45.3 Å². The molecular weight excluding hydrogens is 361 g/mol. The minimum Gasteiger partial charge on any atom is -0.384 e. The lowest BCUT2D eigenvalue weighted by atomic mass is 9.87. The molecule has 0 bridgehead atoms. The number of nitrogens with zero attached hydrogens (tertiary/aromatic N) is 2. The van der Waals surface area contributed by atoms with E-state index in [-0.39, 0.29) is 28.4 Å². The molecule has 1 atom stereocenters. The Bertz CT molecular complexity index is 935. The molecule has 1 aromatic heterocycles. The lowest BCUT2D eigenvalue weighted by Gasteiger charge is -2.35. The van der Waals surface area contributed by atoms with Gasteiger partial charge in [-0.1, -0.05) is 6.07 Å². The van der Waals surface area contributed by atoms with E-state index in [1.54, 1.807) is 12.1 Å². The van der Waals surface area contributed by atoms with E-state index >= 15 is 0 Å². The summed E-state index contributed by atoms with van der Waals surface area (Å²) in [4.78, 5) is 28.4. The molecule has 1 unspecified atom stereocenters. The Morgan fingerprint density at radius 3 is 2.86 bits per heavy atom. The molecule has 1 aromatic carbocycles. The van der Waals surface area contributed by atoms with Crippen LogP contribution in [-0.4, -0.2) is 40.1 Å². The van der Waals surface area contributed by atoms with Crippen molar-refractivity contribution in [1.82, 2.24) is 10.1 Å². The van der Waals surface area contributed by atoms with Crippen molar-refractivity contribution in [2.24, 2.45) is 0 Å². The van der Waals surface area contributed by atoms with Gasteiger partial charge >= 0.3 is 0 Å². The fourth-order valence-electron chi connectivity index (χ4n) is 5.03. The molecule has 28 heavy (non-hydrogen) atoms. The number of halogens is 1. The summed E-state index contributed by atoms with van der Waals surface area (Å²) in [7, 11) is 0. The molecule has 6 nitrogen and oxygen atoms in total. The number of hydrogen-bond donors (Lipinski definition) is 1.